The Morgan fingerprint density at radius 2 is 1.84 bits per heavy atom. The molecule has 0 unspecified atom stereocenters. The topological polar surface area (TPSA) is 58.1 Å². The molecule has 0 saturated carbocycles. The van der Waals surface area contributed by atoms with Gasteiger partial charge in [-0.1, -0.05) is 42.1 Å². The Hall–Kier alpha value is -1.92. The largest absolute Gasteiger partial charge is 0.351 e. The molecule has 1 fully saturated rings. The van der Waals surface area contributed by atoms with E-state index in [1.165, 1.54) is 17.3 Å². The summed E-state index contributed by atoms with van der Waals surface area (Å²) in [6, 6.07) is 10.5. The summed E-state index contributed by atoms with van der Waals surface area (Å²) in [7, 11) is 2.15. The summed E-state index contributed by atoms with van der Waals surface area (Å²) < 4.78 is 0. The summed E-state index contributed by atoms with van der Waals surface area (Å²) in [4.78, 5) is 23.2. The summed E-state index contributed by atoms with van der Waals surface area (Å²) in [5.74, 6) is -0.109. The highest BCUT2D eigenvalue weighted by Crippen LogP contribution is 2.34. The summed E-state index contributed by atoms with van der Waals surface area (Å²) in [5, 5.41) is 3.79. The van der Waals surface area contributed by atoms with E-state index in [2.05, 4.69) is 51.5 Å². The van der Waals surface area contributed by atoms with Crippen LogP contribution in [0, 0.1) is 0 Å². The average Bonchev–Trinajstić information content (AvgIpc) is 2.68. The van der Waals surface area contributed by atoms with Gasteiger partial charge in [-0.15, -0.1) is 0 Å². The van der Waals surface area contributed by atoms with Crippen LogP contribution in [0.3, 0.4) is 0 Å². The van der Waals surface area contributed by atoms with Crippen LogP contribution in [0.25, 0.3) is 0 Å². The quantitative estimate of drug-likeness (QED) is 0.659. The second kappa shape index (κ2) is 7.97. The van der Waals surface area contributed by atoms with Gasteiger partial charge in [0.25, 0.3) is 5.91 Å². The summed E-state index contributed by atoms with van der Waals surface area (Å²) in [6.07, 6.45) is 7.18. The van der Waals surface area contributed by atoms with Crippen LogP contribution < -0.4 is 5.32 Å². The highest BCUT2D eigenvalue weighted by atomic mass is 32.2. The molecule has 3 rings (SSSR count). The highest BCUT2D eigenvalue weighted by Gasteiger charge is 2.35. The zero-order valence-electron chi connectivity index (χ0n) is 14.7. The minimum atomic E-state index is -0.109. The number of carbonyl (C=O) groups is 1. The van der Waals surface area contributed by atoms with Crippen molar-refractivity contribution in [2.45, 2.75) is 23.4 Å². The second-order valence-corrected chi connectivity index (χ2v) is 7.36. The Labute approximate surface area is 153 Å². The van der Waals surface area contributed by atoms with E-state index in [1.54, 1.807) is 12.4 Å². The van der Waals surface area contributed by atoms with Crippen LogP contribution in [0.4, 0.5) is 0 Å². The number of amides is 1. The van der Waals surface area contributed by atoms with Crippen LogP contribution in [-0.2, 0) is 5.41 Å². The van der Waals surface area contributed by atoms with Gasteiger partial charge in [-0.05, 0) is 44.8 Å². The van der Waals surface area contributed by atoms with Crippen LogP contribution in [0.2, 0.25) is 0 Å². The summed E-state index contributed by atoms with van der Waals surface area (Å²) in [6.45, 7) is 2.71. The fraction of sp³-hybridized carbons (Fsp3) is 0.421. The van der Waals surface area contributed by atoms with Gasteiger partial charge in [-0.2, -0.15) is 0 Å². The third-order valence-corrected chi connectivity index (χ3v) is 5.57. The predicted octanol–water partition coefficient (Wildman–Crippen LogP) is 2.59. The Bertz CT molecular complexity index is 697. The number of likely N-dealkylation sites (tertiary alicyclic amines) is 1. The number of piperidine rings is 1. The van der Waals surface area contributed by atoms with Gasteiger partial charge in [0.2, 0.25) is 0 Å². The maximum Gasteiger partial charge on any atom is 0.254 e. The van der Waals surface area contributed by atoms with Crippen LogP contribution in [0.5, 0.6) is 0 Å². The first-order chi connectivity index (χ1) is 12.1. The molecule has 0 spiro atoms. The standard InChI is InChI=1S/C19H24N4OS/c1-23-10-8-19(9-11-23,16-6-4-3-5-7-16)14-22-17(24)15-12-20-18(25-2)21-13-15/h3-7,12-13H,8-11,14H2,1-2H3,(H,22,24). The van der Waals surface area contributed by atoms with Crippen LogP contribution in [-0.4, -0.2) is 53.7 Å². The number of benzene rings is 1. The average molecular weight is 356 g/mol. The van der Waals surface area contributed by atoms with Crippen LogP contribution in [0.15, 0.2) is 47.9 Å². The van der Waals surface area contributed by atoms with Crippen molar-refractivity contribution >= 4 is 17.7 Å². The van der Waals surface area contributed by atoms with Crippen molar-refractivity contribution in [1.29, 1.82) is 0 Å². The molecule has 1 saturated heterocycles. The molecule has 1 amide bonds. The molecule has 1 aromatic heterocycles. The van der Waals surface area contributed by atoms with Crippen molar-refractivity contribution in [1.82, 2.24) is 20.2 Å². The molecule has 0 radical (unpaired) electrons. The Balaban J connectivity index is 1.73. The third-order valence-electron chi connectivity index (χ3n) is 4.99. The lowest BCUT2D eigenvalue weighted by Crippen LogP contribution is -2.48. The van der Waals surface area contributed by atoms with E-state index in [0.29, 0.717) is 17.3 Å². The van der Waals surface area contributed by atoms with Gasteiger partial charge in [-0.25, -0.2) is 9.97 Å². The minimum Gasteiger partial charge on any atom is -0.351 e. The number of nitrogens with one attached hydrogen (secondary N) is 1. The van der Waals surface area contributed by atoms with Crippen molar-refractivity contribution < 1.29 is 4.79 Å². The molecule has 2 aromatic rings. The van der Waals surface area contributed by atoms with Crippen molar-refractivity contribution in [2.24, 2.45) is 0 Å². The molecule has 132 valence electrons. The van der Waals surface area contributed by atoms with Crippen molar-refractivity contribution in [2.75, 3.05) is 32.9 Å². The first-order valence-corrected chi connectivity index (χ1v) is 9.74. The molecular weight excluding hydrogens is 332 g/mol. The van der Waals surface area contributed by atoms with E-state index in [9.17, 15) is 4.79 Å². The minimum absolute atomic E-state index is 0.0104. The molecule has 1 aliphatic rings. The van der Waals surface area contributed by atoms with E-state index >= 15 is 0 Å². The molecule has 1 N–H and O–H groups in total. The highest BCUT2D eigenvalue weighted by molar-refractivity contribution is 7.98. The lowest BCUT2D eigenvalue weighted by Gasteiger charge is -2.41. The zero-order valence-corrected chi connectivity index (χ0v) is 15.6. The first-order valence-electron chi connectivity index (χ1n) is 8.51. The first kappa shape index (κ1) is 17.9. The van der Waals surface area contributed by atoms with Crippen molar-refractivity contribution in [3.8, 4) is 0 Å². The molecule has 0 bridgehead atoms. The maximum absolute atomic E-state index is 12.5. The van der Waals surface area contributed by atoms with E-state index < -0.39 is 0 Å². The van der Waals surface area contributed by atoms with Gasteiger partial charge >= 0.3 is 0 Å². The third kappa shape index (κ3) is 4.19. The number of hydrogen-bond acceptors (Lipinski definition) is 5. The number of rotatable bonds is 5. The zero-order chi connectivity index (χ0) is 17.7. The van der Waals surface area contributed by atoms with Crippen LogP contribution in [0.1, 0.15) is 28.8 Å². The Morgan fingerprint density at radius 1 is 1.20 bits per heavy atom. The molecule has 25 heavy (non-hydrogen) atoms. The number of nitrogens with zero attached hydrogens (tertiary/aromatic N) is 3. The van der Waals surface area contributed by atoms with Gasteiger partial charge in [0.1, 0.15) is 0 Å². The fourth-order valence-electron chi connectivity index (χ4n) is 3.30. The van der Waals surface area contributed by atoms with E-state index in [1.807, 2.05) is 12.3 Å². The van der Waals surface area contributed by atoms with Crippen LogP contribution >= 0.6 is 11.8 Å². The maximum atomic E-state index is 12.5. The normalized spacial score (nSPS) is 17.2. The molecule has 0 aliphatic carbocycles. The molecule has 2 heterocycles. The van der Waals surface area contributed by atoms with Gasteiger partial charge in [0.05, 0.1) is 5.56 Å². The molecule has 1 aliphatic heterocycles. The molecular formula is C19H24N4OS. The molecule has 6 heteroatoms. The van der Waals surface area contributed by atoms with Crippen molar-refractivity contribution in [3.63, 3.8) is 0 Å². The molecule has 0 atom stereocenters. The summed E-state index contributed by atoms with van der Waals surface area (Å²) in [5.41, 5.74) is 1.80. The Kier molecular flexibility index (Phi) is 5.71. The number of hydrogen-bond donors (Lipinski definition) is 1. The van der Waals surface area contributed by atoms with Gasteiger partial charge < -0.3 is 10.2 Å². The lowest BCUT2D eigenvalue weighted by atomic mass is 9.72. The number of carbonyl (C=O) groups excluding carboxylic acids is 1. The predicted molar refractivity (Wildman–Crippen MR) is 101 cm³/mol. The molecule has 1 aromatic carbocycles. The second-order valence-electron chi connectivity index (χ2n) is 6.59. The van der Waals surface area contributed by atoms with Gasteiger partial charge in [0, 0.05) is 24.4 Å². The van der Waals surface area contributed by atoms with E-state index in [4.69, 9.17) is 0 Å². The monoisotopic (exact) mass is 356 g/mol. The number of thioether (sulfide) groups is 1. The van der Waals surface area contributed by atoms with Gasteiger partial charge in [-0.3, -0.25) is 4.79 Å². The lowest BCUT2D eigenvalue weighted by molar-refractivity contribution is 0.0927. The van der Waals surface area contributed by atoms with E-state index in [-0.39, 0.29) is 11.3 Å². The molecule has 5 nitrogen and oxygen atoms in total. The number of aromatic nitrogens is 2. The SMILES string of the molecule is CSc1ncc(C(=O)NCC2(c3ccccc3)CCN(C)CC2)cn1. The Morgan fingerprint density at radius 3 is 2.44 bits per heavy atom. The summed E-state index contributed by atoms with van der Waals surface area (Å²) >= 11 is 1.46. The fourth-order valence-corrected chi connectivity index (χ4v) is 3.61. The smallest absolute Gasteiger partial charge is 0.254 e. The van der Waals surface area contributed by atoms with Gasteiger partial charge in [0.15, 0.2) is 5.16 Å². The van der Waals surface area contributed by atoms with Crippen molar-refractivity contribution in [3.05, 3.63) is 53.9 Å². The van der Waals surface area contributed by atoms with E-state index in [0.717, 1.165) is 25.9 Å².